The molecule has 0 saturated carbocycles. The van der Waals surface area contributed by atoms with Gasteiger partial charge < -0.3 is 0 Å². The number of sulfonamides is 1. The summed E-state index contributed by atoms with van der Waals surface area (Å²) in [5.41, 5.74) is 5.02. The lowest BCUT2D eigenvalue weighted by Crippen LogP contribution is -2.30. The molecule has 1 aromatic heterocycles. The van der Waals surface area contributed by atoms with Crippen molar-refractivity contribution >= 4 is 33.4 Å². The number of benzene rings is 4. The van der Waals surface area contributed by atoms with Crippen LogP contribution in [-0.2, 0) is 14.8 Å². The Morgan fingerprint density at radius 1 is 0.750 bits per heavy atom. The van der Waals surface area contributed by atoms with E-state index in [4.69, 9.17) is 10.2 Å². The maximum Gasteiger partial charge on any atom is 0.281 e. The summed E-state index contributed by atoms with van der Waals surface area (Å²) in [7, 11) is -3.70. The van der Waals surface area contributed by atoms with E-state index in [0.717, 1.165) is 11.3 Å². The van der Waals surface area contributed by atoms with Gasteiger partial charge in [0.2, 0.25) is 10.0 Å². The molecule has 0 radical (unpaired) electrons. The van der Waals surface area contributed by atoms with E-state index in [-0.39, 0.29) is 10.8 Å². The number of carbonyl (C=O) groups excluding carboxylic acids is 1. The zero-order valence-electron chi connectivity index (χ0n) is 24.4. The molecular weight excluding hydrogens is 570 g/mol. The second-order valence-electron chi connectivity index (χ2n) is 10.2. The van der Waals surface area contributed by atoms with Gasteiger partial charge in [-0.05, 0) is 42.5 Å². The van der Waals surface area contributed by atoms with E-state index in [9.17, 15) is 13.2 Å². The van der Waals surface area contributed by atoms with Crippen LogP contribution in [0.4, 0.5) is 5.69 Å². The van der Waals surface area contributed by atoms with Crippen molar-refractivity contribution < 1.29 is 13.2 Å². The summed E-state index contributed by atoms with van der Waals surface area (Å²) in [6, 6.07) is 35.3. The van der Waals surface area contributed by atoms with E-state index >= 15 is 0 Å². The first kappa shape index (κ1) is 29.0. The number of hydrogen-bond donors (Lipinski definition) is 0. The van der Waals surface area contributed by atoms with E-state index in [1.807, 2.05) is 117 Å². The zero-order valence-corrected chi connectivity index (χ0v) is 25.2. The molecule has 0 atom stereocenters. The standard InChI is InChI=1S/C35H31N5O3S/c1-3-38(4-2)44(42,43)31-22-14-17-27(23-31)33-28(25-39(36-33)29-18-10-6-11-19-29)24-32-34(26-15-8-5-9-16-26)37-40(35(32)41)30-20-12-7-13-21-30/h5-25H,3-4H2,1-2H3/b32-24-. The molecule has 0 saturated heterocycles. The van der Waals surface area contributed by atoms with Crippen molar-refractivity contribution in [2.24, 2.45) is 5.10 Å². The minimum atomic E-state index is -3.70. The van der Waals surface area contributed by atoms with Crippen LogP contribution in [-0.4, -0.2) is 47.2 Å². The topological polar surface area (TPSA) is 87.9 Å². The number of aromatic nitrogens is 2. The van der Waals surface area contributed by atoms with Crippen LogP contribution in [0, 0.1) is 0 Å². The van der Waals surface area contributed by atoms with Gasteiger partial charge in [0, 0.05) is 36.0 Å². The number of rotatable bonds is 9. The fourth-order valence-corrected chi connectivity index (χ4v) is 6.70. The molecule has 2 heterocycles. The van der Waals surface area contributed by atoms with Crippen LogP contribution < -0.4 is 5.01 Å². The van der Waals surface area contributed by atoms with Crippen molar-refractivity contribution in [3.8, 4) is 16.9 Å². The average Bonchev–Trinajstić information content (AvgIpc) is 3.64. The molecule has 9 heteroatoms. The molecule has 5 aromatic rings. The van der Waals surface area contributed by atoms with Crippen LogP contribution in [0.3, 0.4) is 0 Å². The molecule has 4 aromatic carbocycles. The summed E-state index contributed by atoms with van der Waals surface area (Å²) in [4.78, 5) is 14.2. The summed E-state index contributed by atoms with van der Waals surface area (Å²) >= 11 is 0. The molecule has 0 N–H and O–H groups in total. The number of hydrazone groups is 1. The number of para-hydroxylation sites is 2. The van der Waals surface area contributed by atoms with Gasteiger partial charge in [0.15, 0.2) is 0 Å². The third kappa shape index (κ3) is 5.50. The van der Waals surface area contributed by atoms with Gasteiger partial charge >= 0.3 is 0 Å². The normalized spacial score (nSPS) is 14.4. The monoisotopic (exact) mass is 601 g/mol. The molecular formula is C35H31N5O3S. The Morgan fingerprint density at radius 3 is 1.98 bits per heavy atom. The molecule has 6 rings (SSSR count). The summed E-state index contributed by atoms with van der Waals surface area (Å²) in [5.74, 6) is -0.272. The van der Waals surface area contributed by atoms with Crippen LogP contribution in [0.5, 0.6) is 0 Å². The lowest BCUT2D eigenvalue weighted by atomic mass is 9.99. The van der Waals surface area contributed by atoms with Gasteiger partial charge in [-0.2, -0.15) is 19.5 Å². The zero-order chi connectivity index (χ0) is 30.7. The highest BCUT2D eigenvalue weighted by Crippen LogP contribution is 2.32. The maximum atomic E-state index is 14.0. The highest BCUT2D eigenvalue weighted by Gasteiger charge is 2.32. The fourth-order valence-electron chi connectivity index (χ4n) is 5.20. The smallest absolute Gasteiger partial charge is 0.267 e. The van der Waals surface area contributed by atoms with Crippen LogP contribution in [0.2, 0.25) is 0 Å². The van der Waals surface area contributed by atoms with Crippen molar-refractivity contribution in [3.63, 3.8) is 0 Å². The number of amides is 1. The lowest BCUT2D eigenvalue weighted by Gasteiger charge is -2.18. The average molecular weight is 602 g/mol. The third-order valence-corrected chi connectivity index (χ3v) is 9.49. The third-order valence-electron chi connectivity index (χ3n) is 7.44. The van der Waals surface area contributed by atoms with E-state index in [2.05, 4.69) is 0 Å². The molecule has 8 nitrogen and oxygen atoms in total. The van der Waals surface area contributed by atoms with Gasteiger partial charge in [0.05, 0.1) is 21.8 Å². The van der Waals surface area contributed by atoms with Gasteiger partial charge in [-0.3, -0.25) is 4.79 Å². The van der Waals surface area contributed by atoms with Gasteiger partial charge in [0.25, 0.3) is 5.91 Å². The molecule has 44 heavy (non-hydrogen) atoms. The Labute approximate surface area is 257 Å². The minimum absolute atomic E-state index is 0.185. The molecule has 0 unspecified atom stereocenters. The molecule has 0 spiro atoms. The molecule has 1 amide bonds. The Kier molecular flexibility index (Phi) is 8.06. The molecule has 0 aliphatic carbocycles. The van der Waals surface area contributed by atoms with Crippen LogP contribution in [0.25, 0.3) is 23.0 Å². The van der Waals surface area contributed by atoms with Crippen LogP contribution in [0.15, 0.2) is 137 Å². The second kappa shape index (κ2) is 12.2. The summed E-state index contributed by atoms with van der Waals surface area (Å²) < 4.78 is 30.0. The molecule has 1 aliphatic heterocycles. The highest BCUT2D eigenvalue weighted by molar-refractivity contribution is 7.89. The Morgan fingerprint density at radius 2 is 1.34 bits per heavy atom. The second-order valence-corrected chi connectivity index (χ2v) is 12.1. The van der Waals surface area contributed by atoms with E-state index in [1.54, 1.807) is 29.0 Å². The van der Waals surface area contributed by atoms with Gasteiger partial charge in [0.1, 0.15) is 11.4 Å². The first-order valence-corrected chi connectivity index (χ1v) is 15.9. The minimum Gasteiger partial charge on any atom is -0.267 e. The Bertz CT molecular complexity index is 1960. The van der Waals surface area contributed by atoms with Crippen molar-refractivity contribution in [2.75, 3.05) is 18.1 Å². The molecule has 1 aliphatic rings. The summed E-state index contributed by atoms with van der Waals surface area (Å²) in [5, 5.41) is 11.1. The van der Waals surface area contributed by atoms with Crippen LogP contribution >= 0.6 is 0 Å². The maximum absolute atomic E-state index is 14.0. The van der Waals surface area contributed by atoms with E-state index in [1.165, 1.54) is 9.31 Å². The van der Waals surface area contributed by atoms with E-state index < -0.39 is 10.0 Å². The predicted molar refractivity (Wildman–Crippen MR) is 174 cm³/mol. The SMILES string of the molecule is CCN(CC)S(=O)(=O)c1cccc(-c2nn(-c3ccccc3)cc2/C=C2\C(=O)N(c3ccccc3)N=C2c2ccccc2)c1. The number of anilines is 1. The Balaban J connectivity index is 1.53. The lowest BCUT2D eigenvalue weighted by molar-refractivity contribution is -0.114. The molecule has 0 fully saturated rings. The summed E-state index contributed by atoms with van der Waals surface area (Å²) in [6.45, 7) is 4.37. The molecule has 220 valence electrons. The Hall–Kier alpha value is -5.12. The molecule has 0 bridgehead atoms. The highest BCUT2D eigenvalue weighted by atomic mass is 32.2. The van der Waals surface area contributed by atoms with Crippen LogP contribution in [0.1, 0.15) is 25.0 Å². The quantitative estimate of drug-likeness (QED) is 0.183. The van der Waals surface area contributed by atoms with Gasteiger partial charge in [-0.1, -0.05) is 92.7 Å². The van der Waals surface area contributed by atoms with Gasteiger partial charge in [-0.15, -0.1) is 0 Å². The first-order chi connectivity index (χ1) is 21.4. The van der Waals surface area contributed by atoms with Crippen molar-refractivity contribution in [1.29, 1.82) is 0 Å². The van der Waals surface area contributed by atoms with Gasteiger partial charge in [-0.25, -0.2) is 13.1 Å². The van der Waals surface area contributed by atoms with Crippen molar-refractivity contribution in [1.82, 2.24) is 14.1 Å². The fraction of sp³-hybridized carbons (Fsp3) is 0.114. The predicted octanol–water partition coefficient (Wildman–Crippen LogP) is 6.40. The largest absolute Gasteiger partial charge is 0.281 e. The number of nitrogens with zero attached hydrogens (tertiary/aromatic N) is 5. The van der Waals surface area contributed by atoms with E-state index in [0.29, 0.717) is 46.9 Å². The summed E-state index contributed by atoms with van der Waals surface area (Å²) in [6.07, 6.45) is 3.65. The number of carbonyl (C=O) groups is 1. The van der Waals surface area contributed by atoms with Crippen molar-refractivity contribution in [2.45, 2.75) is 18.7 Å². The van der Waals surface area contributed by atoms with Crippen molar-refractivity contribution in [3.05, 3.63) is 138 Å². The number of hydrogen-bond acceptors (Lipinski definition) is 5. The first-order valence-electron chi connectivity index (χ1n) is 14.4.